The SMILES string of the molecule is Cc1cccc(N)c1N.S. The molecule has 3 heteroatoms. The number of para-hydroxylation sites is 1. The fourth-order valence-corrected chi connectivity index (χ4v) is 0.703. The summed E-state index contributed by atoms with van der Waals surface area (Å²) in [5, 5.41) is 0. The molecule has 0 fully saturated rings. The van der Waals surface area contributed by atoms with Gasteiger partial charge in [-0.1, -0.05) is 12.1 Å². The number of rotatable bonds is 0. The number of hydrogen-bond acceptors (Lipinski definition) is 2. The van der Waals surface area contributed by atoms with Crippen LogP contribution in [0.2, 0.25) is 0 Å². The van der Waals surface area contributed by atoms with Gasteiger partial charge in [0, 0.05) is 0 Å². The van der Waals surface area contributed by atoms with Gasteiger partial charge in [0.15, 0.2) is 0 Å². The van der Waals surface area contributed by atoms with Gasteiger partial charge in [-0.25, -0.2) is 0 Å². The summed E-state index contributed by atoms with van der Waals surface area (Å²) in [5.41, 5.74) is 13.4. The number of hydrogen-bond donors (Lipinski definition) is 2. The monoisotopic (exact) mass is 156 g/mol. The van der Waals surface area contributed by atoms with Crippen LogP contribution in [0.3, 0.4) is 0 Å². The van der Waals surface area contributed by atoms with Crippen molar-refractivity contribution in [1.29, 1.82) is 0 Å². The molecule has 0 unspecified atom stereocenters. The van der Waals surface area contributed by atoms with Crippen LogP contribution < -0.4 is 11.5 Å². The molecule has 0 amide bonds. The summed E-state index contributed by atoms with van der Waals surface area (Å²) in [6, 6.07) is 5.62. The molecule has 1 rings (SSSR count). The highest BCUT2D eigenvalue weighted by molar-refractivity contribution is 7.59. The Morgan fingerprint density at radius 3 is 2.20 bits per heavy atom. The lowest BCUT2D eigenvalue weighted by molar-refractivity contribution is 1.47. The van der Waals surface area contributed by atoms with Gasteiger partial charge in [0.05, 0.1) is 11.4 Å². The Balaban J connectivity index is 0.000000810. The van der Waals surface area contributed by atoms with Gasteiger partial charge in [0.25, 0.3) is 0 Å². The van der Waals surface area contributed by atoms with Crippen molar-refractivity contribution in [2.45, 2.75) is 6.92 Å². The maximum Gasteiger partial charge on any atom is 0.0577 e. The Morgan fingerprint density at radius 1 is 1.20 bits per heavy atom. The molecular weight excluding hydrogens is 144 g/mol. The van der Waals surface area contributed by atoms with Gasteiger partial charge < -0.3 is 11.5 Å². The first-order valence-electron chi connectivity index (χ1n) is 2.82. The minimum absolute atomic E-state index is 0. The number of anilines is 2. The van der Waals surface area contributed by atoms with Crippen LogP contribution in [0, 0.1) is 6.92 Å². The molecule has 0 saturated heterocycles. The Morgan fingerprint density at radius 2 is 1.80 bits per heavy atom. The minimum atomic E-state index is 0. The molecule has 10 heavy (non-hydrogen) atoms. The molecular formula is C7H12N2S. The highest BCUT2D eigenvalue weighted by Gasteiger charge is 1.93. The van der Waals surface area contributed by atoms with Crippen molar-refractivity contribution < 1.29 is 0 Å². The predicted octanol–water partition coefficient (Wildman–Crippen LogP) is 1.27. The molecule has 0 bridgehead atoms. The Labute approximate surface area is 67.7 Å². The minimum Gasteiger partial charge on any atom is -0.397 e. The molecule has 1 aromatic carbocycles. The first-order chi connectivity index (χ1) is 4.22. The smallest absolute Gasteiger partial charge is 0.0577 e. The van der Waals surface area contributed by atoms with Crippen LogP contribution in [0.15, 0.2) is 18.2 Å². The standard InChI is InChI=1S/C7H10N2.H2S/c1-5-3-2-4-6(8)7(5)9;/h2-4H,8-9H2,1H3;1H2. The van der Waals surface area contributed by atoms with E-state index in [1.165, 1.54) is 0 Å². The van der Waals surface area contributed by atoms with Gasteiger partial charge in [-0.3, -0.25) is 0 Å². The molecule has 1 aromatic rings. The molecule has 0 aliphatic rings. The average Bonchev–Trinajstić information content (AvgIpc) is 1.83. The van der Waals surface area contributed by atoms with Crippen LogP contribution in [0.5, 0.6) is 0 Å². The predicted molar refractivity (Wildman–Crippen MR) is 50.4 cm³/mol. The van der Waals surface area contributed by atoms with Gasteiger partial charge >= 0.3 is 0 Å². The molecule has 4 N–H and O–H groups in total. The van der Waals surface area contributed by atoms with Crippen molar-refractivity contribution in [3.05, 3.63) is 23.8 Å². The van der Waals surface area contributed by atoms with Crippen LogP contribution in [0.1, 0.15) is 5.56 Å². The second-order valence-electron chi connectivity index (χ2n) is 2.08. The maximum absolute atomic E-state index is 5.56. The van der Waals surface area contributed by atoms with Gasteiger partial charge in [-0.05, 0) is 18.6 Å². The summed E-state index contributed by atoms with van der Waals surface area (Å²) in [5.74, 6) is 0. The maximum atomic E-state index is 5.56. The summed E-state index contributed by atoms with van der Waals surface area (Å²) >= 11 is 0. The van der Waals surface area contributed by atoms with E-state index in [1.807, 2.05) is 19.1 Å². The topological polar surface area (TPSA) is 52.0 Å². The number of nitrogens with two attached hydrogens (primary N) is 2. The zero-order valence-electron chi connectivity index (χ0n) is 5.89. The third-order valence-corrected chi connectivity index (χ3v) is 1.36. The fourth-order valence-electron chi connectivity index (χ4n) is 0.703. The van der Waals surface area contributed by atoms with Crippen LogP contribution in [0.25, 0.3) is 0 Å². The van der Waals surface area contributed by atoms with Crippen molar-refractivity contribution in [1.82, 2.24) is 0 Å². The van der Waals surface area contributed by atoms with Crippen molar-refractivity contribution in [2.24, 2.45) is 0 Å². The molecule has 0 aliphatic carbocycles. The van der Waals surface area contributed by atoms with E-state index >= 15 is 0 Å². The number of benzene rings is 1. The second kappa shape index (κ2) is 3.37. The van der Waals surface area contributed by atoms with E-state index < -0.39 is 0 Å². The van der Waals surface area contributed by atoms with Crippen LogP contribution in [-0.2, 0) is 0 Å². The molecule has 2 nitrogen and oxygen atoms in total. The lowest BCUT2D eigenvalue weighted by Crippen LogP contribution is -1.95. The summed E-state index contributed by atoms with van der Waals surface area (Å²) < 4.78 is 0. The summed E-state index contributed by atoms with van der Waals surface area (Å²) in [6.45, 7) is 1.94. The Bertz CT molecular complexity index is 203. The molecule has 0 aliphatic heterocycles. The van der Waals surface area contributed by atoms with E-state index in [-0.39, 0.29) is 13.5 Å². The molecule has 0 aromatic heterocycles. The lowest BCUT2D eigenvalue weighted by atomic mass is 10.2. The third kappa shape index (κ3) is 1.57. The largest absolute Gasteiger partial charge is 0.397 e. The zero-order valence-corrected chi connectivity index (χ0v) is 6.89. The molecule has 0 heterocycles. The van der Waals surface area contributed by atoms with E-state index in [0.29, 0.717) is 11.4 Å². The van der Waals surface area contributed by atoms with E-state index in [4.69, 9.17) is 11.5 Å². The van der Waals surface area contributed by atoms with Gasteiger partial charge in [-0.2, -0.15) is 13.5 Å². The number of aryl methyl sites for hydroxylation is 1. The first-order valence-corrected chi connectivity index (χ1v) is 2.82. The van der Waals surface area contributed by atoms with Crippen molar-refractivity contribution in [2.75, 3.05) is 11.5 Å². The van der Waals surface area contributed by atoms with E-state index in [1.54, 1.807) is 6.07 Å². The lowest BCUT2D eigenvalue weighted by Gasteiger charge is -2.00. The van der Waals surface area contributed by atoms with E-state index in [2.05, 4.69) is 0 Å². The van der Waals surface area contributed by atoms with Crippen molar-refractivity contribution >= 4 is 24.9 Å². The third-order valence-electron chi connectivity index (χ3n) is 1.36. The average molecular weight is 156 g/mol. The Hall–Kier alpha value is -0.830. The van der Waals surface area contributed by atoms with Crippen molar-refractivity contribution in [3.63, 3.8) is 0 Å². The quantitative estimate of drug-likeness (QED) is 0.556. The molecule has 0 atom stereocenters. The van der Waals surface area contributed by atoms with Crippen LogP contribution in [-0.4, -0.2) is 0 Å². The van der Waals surface area contributed by atoms with Gasteiger partial charge in [0.2, 0.25) is 0 Å². The van der Waals surface area contributed by atoms with Crippen molar-refractivity contribution in [3.8, 4) is 0 Å². The molecule has 0 spiro atoms. The first kappa shape index (κ1) is 9.17. The fraction of sp³-hybridized carbons (Fsp3) is 0.143. The second-order valence-corrected chi connectivity index (χ2v) is 2.08. The highest BCUT2D eigenvalue weighted by atomic mass is 32.1. The summed E-state index contributed by atoms with van der Waals surface area (Å²) in [4.78, 5) is 0. The van der Waals surface area contributed by atoms with E-state index in [0.717, 1.165) is 5.56 Å². The summed E-state index contributed by atoms with van der Waals surface area (Å²) in [6.07, 6.45) is 0. The van der Waals surface area contributed by atoms with Gasteiger partial charge in [-0.15, -0.1) is 0 Å². The molecule has 0 saturated carbocycles. The number of nitrogen functional groups attached to an aromatic ring is 2. The normalized spacial score (nSPS) is 8.50. The van der Waals surface area contributed by atoms with Crippen LogP contribution >= 0.6 is 13.5 Å². The van der Waals surface area contributed by atoms with Crippen LogP contribution in [0.4, 0.5) is 11.4 Å². The van der Waals surface area contributed by atoms with Gasteiger partial charge in [0.1, 0.15) is 0 Å². The molecule has 0 radical (unpaired) electrons. The zero-order chi connectivity index (χ0) is 6.85. The Kier molecular flexibility index (Phi) is 3.09. The van der Waals surface area contributed by atoms with E-state index in [9.17, 15) is 0 Å². The highest BCUT2D eigenvalue weighted by Crippen LogP contribution is 2.17. The molecule has 56 valence electrons. The summed E-state index contributed by atoms with van der Waals surface area (Å²) in [7, 11) is 0.